The Hall–Kier alpha value is -2.20. The predicted molar refractivity (Wildman–Crippen MR) is 140 cm³/mol. The minimum atomic E-state index is -5.86. The van der Waals surface area contributed by atoms with Gasteiger partial charge < -0.3 is 9.29 Å². The van der Waals surface area contributed by atoms with Crippen LogP contribution < -0.4 is 4.18 Å². The maximum atomic E-state index is 13.4. The van der Waals surface area contributed by atoms with Gasteiger partial charge in [-0.25, -0.2) is 0 Å². The topological polar surface area (TPSA) is 80.7 Å². The molecule has 1 unspecified atom stereocenters. The lowest BCUT2D eigenvalue weighted by atomic mass is 9.48. The van der Waals surface area contributed by atoms with Crippen molar-refractivity contribution in [2.75, 3.05) is 5.75 Å². The number of fused-ring (bicyclic) bond motifs is 1. The third-order valence-corrected chi connectivity index (χ3v) is 11.2. The van der Waals surface area contributed by atoms with Crippen molar-refractivity contribution in [2.24, 2.45) is 17.8 Å². The van der Waals surface area contributed by atoms with Gasteiger partial charge in [-0.15, -0.1) is 11.8 Å². The van der Waals surface area contributed by atoms with Gasteiger partial charge >= 0.3 is 21.6 Å². The summed E-state index contributed by atoms with van der Waals surface area (Å²) < 4.78 is 69.5. The SMILES string of the molecule is CCc1c(C2(C(=O)O)C=CSC2)ccc2cc(OS(=O)(=O)C(F)(F)F)c(C34CC5CC(CC(C5)C3)C4)cc12. The number of aryl methyl sites for hydroxylation is 1. The van der Waals surface area contributed by atoms with E-state index in [4.69, 9.17) is 4.18 Å². The van der Waals surface area contributed by atoms with E-state index in [2.05, 4.69) is 0 Å². The van der Waals surface area contributed by atoms with E-state index in [0.29, 0.717) is 46.4 Å². The van der Waals surface area contributed by atoms with Crippen LogP contribution in [0.4, 0.5) is 13.2 Å². The number of carboxylic acid groups (broad SMARTS) is 1. The normalized spacial score (nSPS) is 32.3. The number of halogens is 3. The maximum Gasteiger partial charge on any atom is 0.534 e. The Morgan fingerprint density at radius 3 is 2.21 bits per heavy atom. The molecule has 0 spiro atoms. The monoisotopic (exact) mass is 566 g/mol. The van der Waals surface area contributed by atoms with E-state index in [1.54, 1.807) is 23.6 Å². The van der Waals surface area contributed by atoms with E-state index >= 15 is 0 Å². The van der Waals surface area contributed by atoms with Crippen molar-refractivity contribution < 1.29 is 35.7 Å². The number of aliphatic carboxylic acids is 1. The second kappa shape index (κ2) is 8.65. The van der Waals surface area contributed by atoms with Crippen LogP contribution in [0.3, 0.4) is 0 Å². The average Bonchev–Trinajstić information content (AvgIpc) is 3.32. The summed E-state index contributed by atoms with van der Waals surface area (Å²) >= 11 is 1.43. The summed E-state index contributed by atoms with van der Waals surface area (Å²) in [6.45, 7) is 1.93. The van der Waals surface area contributed by atoms with Gasteiger partial charge in [-0.05, 0) is 108 Å². The fraction of sp³-hybridized carbons (Fsp3) is 0.536. The minimum Gasteiger partial charge on any atom is -0.480 e. The lowest BCUT2D eigenvalue weighted by molar-refractivity contribution is -0.141. The number of rotatable bonds is 6. The number of carboxylic acids is 1. The molecule has 7 rings (SSSR count). The molecule has 0 saturated heterocycles. The first-order valence-corrected chi connectivity index (χ1v) is 15.5. The Bertz CT molecular complexity index is 1430. The molecule has 2 aromatic rings. The van der Waals surface area contributed by atoms with E-state index < -0.39 is 32.4 Å². The van der Waals surface area contributed by atoms with E-state index in [-0.39, 0.29) is 5.75 Å². The van der Waals surface area contributed by atoms with Crippen molar-refractivity contribution in [3.63, 3.8) is 0 Å². The summed E-state index contributed by atoms with van der Waals surface area (Å²) in [6, 6.07) is 6.62. The average molecular weight is 567 g/mol. The molecule has 38 heavy (non-hydrogen) atoms. The maximum absolute atomic E-state index is 13.4. The Kier molecular flexibility index (Phi) is 5.93. The first kappa shape index (κ1) is 26.0. The summed E-state index contributed by atoms with van der Waals surface area (Å²) in [4.78, 5) is 12.5. The Balaban J connectivity index is 1.59. The van der Waals surface area contributed by atoms with Crippen LogP contribution in [0.5, 0.6) is 5.75 Å². The molecule has 1 aliphatic heterocycles. The molecule has 2 aromatic carbocycles. The third-order valence-electron chi connectivity index (χ3n) is 9.30. The van der Waals surface area contributed by atoms with Crippen molar-refractivity contribution in [3.05, 3.63) is 52.4 Å². The molecule has 0 amide bonds. The molecule has 0 aromatic heterocycles. The fourth-order valence-corrected chi connectivity index (χ4v) is 9.64. The lowest BCUT2D eigenvalue weighted by Crippen LogP contribution is -2.48. The first-order valence-electron chi connectivity index (χ1n) is 13.0. The lowest BCUT2D eigenvalue weighted by Gasteiger charge is -2.57. The van der Waals surface area contributed by atoms with E-state index in [1.165, 1.54) is 17.8 Å². The highest BCUT2D eigenvalue weighted by Gasteiger charge is 2.54. The highest BCUT2D eigenvalue weighted by Crippen LogP contribution is 2.62. The van der Waals surface area contributed by atoms with Gasteiger partial charge in [-0.1, -0.05) is 25.1 Å². The van der Waals surface area contributed by atoms with Crippen molar-refractivity contribution in [2.45, 2.75) is 68.2 Å². The highest BCUT2D eigenvalue weighted by atomic mass is 32.2. The van der Waals surface area contributed by atoms with Gasteiger partial charge in [0.1, 0.15) is 11.2 Å². The van der Waals surface area contributed by atoms with Gasteiger partial charge in [0.2, 0.25) is 0 Å². The standard InChI is InChI=1S/C28H29F3O5S2/c1-2-20-21-11-23(26-12-16-7-17(13-26)9-18(8-16)14-26)24(36-38(34,35)28(29,30)31)10-19(21)3-4-22(20)27(25(32)33)5-6-37-15-27/h3-6,10-11,16-18H,2,7-9,12-15H2,1H3,(H,32,33). The van der Waals surface area contributed by atoms with Crippen LogP contribution in [0.25, 0.3) is 10.8 Å². The summed E-state index contributed by atoms with van der Waals surface area (Å²) in [5.74, 6) is 0.556. The van der Waals surface area contributed by atoms with Crippen molar-refractivity contribution in [1.82, 2.24) is 0 Å². The largest absolute Gasteiger partial charge is 0.534 e. The number of carbonyl (C=O) groups is 1. The van der Waals surface area contributed by atoms with E-state index in [9.17, 15) is 31.5 Å². The number of benzene rings is 2. The molecule has 5 aliphatic rings. The fourth-order valence-electron chi connectivity index (χ4n) is 8.11. The Labute approximate surface area is 223 Å². The second-order valence-corrected chi connectivity index (χ2v) is 14.0. The quantitative estimate of drug-likeness (QED) is 0.310. The predicted octanol–water partition coefficient (Wildman–Crippen LogP) is 6.68. The van der Waals surface area contributed by atoms with Crippen LogP contribution in [0.2, 0.25) is 0 Å². The zero-order valence-electron chi connectivity index (χ0n) is 20.9. The van der Waals surface area contributed by atoms with Gasteiger partial charge in [-0.2, -0.15) is 21.6 Å². The minimum absolute atomic E-state index is 0.254. The van der Waals surface area contributed by atoms with Crippen LogP contribution in [0.1, 0.15) is 62.1 Å². The van der Waals surface area contributed by atoms with Gasteiger partial charge in [0.05, 0.1) is 0 Å². The molecule has 1 atom stereocenters. The number of hydrogen-bond donors (Lipinski definition) is 1. The van der Waals surface area contributed by atoms with Crippen molar-refractivity contribution in [3.8, 4) is 5.75 Å². The molecule has 1 N–H and O–H groups in total. The smallest absolute Gasteiger partial charge is 0.480 e. The van der Waals surface area contributed by atoms with Crippen molar-refractivity contribution >= 4 is 38.6 Å². The summed E-state index contributed by atoms with van der Waals surface area (Å²) in [5, 5.41) is 13.3. The zero-order chi connectivity index (χ0) is 27.1. The van der Waals surface area contributed by atoms with Crippen LogP contribution in [0, 0.1) is 17.8 Å². The third kappa shape index (κ3) is 3.88. The summed E-state index contributed by atoms with van der Waals surface area (Å²) in [6.07, 6.45) is 7.94. The van der Waals surface area contributed by atoms with Crippen LogP contribution >= 0.6 is 11.8 Å². The molecule has 204 valence electrons. The zero-order valence-corrected chi connectivity index (χ0v) is 22.5. The van der Waals surface area contributed by atoms with Crippen LogP contribution in [-0.4, -0.2) is 30.8 Å². The number of thioether (sulfide) groups is 1. The molecule has 1 heterocycles. The second-order valence-electron chi connectivity index (χ2n) is 11.6. The molecule has 10 heteroatoms. The first-order chi connectivity index (χ1) is 17.9. The van der Waals surface area contributed by atoms with Crippen LogP contribution in [-0.2, 0) is 32.2 Å². The van der Waals surface area contributed by atoms with Crippen LogP contribution in [0.15, 0.2) is 35.7 Å². The molecule has 0 radical (unpaired) electrons. The van der Waals surface area contributed by atoms with E-state index in [0.717, 1.165) is 49.5 Å². The van der Waals surface area contributed by atoms with Crippen molar-refractivity contribution in [1.29, 1.82) is 0 Å². The van der Waals surface area contributed by atoms with Gasteiger partial charge in [0.15, 0.2) is 0 Å². The molecular weight excluding hydrogens is 537 g/mol. The molecule has 4 fully saturated rings. The number of hydrogen-bond acceptors (Lipinski definition) is 5. The Morgan fingerprint density at radius 2 is 1.71 bits per heavy atom. The summed E-state index contributed by atoms with van der Waals surface area (Å²) in [5.41, 5.74) is -5.19. The molecular formula is C28H29F3O5S2. The molecule has 4 aliphatic carbocycles. The molecule has 4 saturated carbocycles. The molecule has 4 bridgehead atoms. The van der Waals surface area contributed by atoms with Gasteiger partial charge in [0, 0.05) is 11.3 Å². The van der Waals surface area contributed by atoms with Gasteiger partial charge in [0.25, 0.3) is 0 Å². The molecule has 5 nitrogen and oxygen atoms in total. The van der Waals surface area contributed by atoms with Gasteiger partial charge in [-0.3, -0.25) is 4.79 Å². The summed E-state index contributed by atoms with van der Waals surface area (Å²) in [7, 11) is -5.86. The Morgan fingerprint density at radius 1 is 1.08 bits per heavy atom. The highest BCUT2D eigenvalue weighted by molar-refractivity contribution is 8.02. The van der Waals surface area contributed by atoms with E-state index in [1.807, 2.05) is 13.0 Å². The number of alkyl halides is 3.